The van der Waals surface area contributed by atoms with E-state index in [2.05, 4.69) is 4.98 Å². The van der Waals surface area contributed by atoms with Crippen LogP contribution in [0.1, 0.15) is 49.7 Å². The van der Waals surface area contributed by atoms with Crippen molar-refractivity contribution >= 4 is 33.4 Å². The van der Waals surface area contributed by atoms with Gasteiger partial charge in [-0.05, 0) is 57.5 Å². The van der Waals surface area contributed by atoms with Crippen molar-refractivity contribution in [1.29, 1.82) is 0 Å². The molecule has 0 unspecified atom stereocenters. The lowest BCUT2D eigenvalue weighted by molar-refractivity contribution is -0.155. The molecule has 8 nitrogen and oxygen atoms in total. The molecule has 0 amide bonds. The molecule has 2 rings (SSSR count). The van der Waals surface area contributed by atoms with Gasteiger partial charge >= 0.3 is 11.9 Å². The Morgan fingerprint density at radius 1 is 1.16 bits per heavy atom. The molecule has 1 heterocycles. The molecule has 0 saturated carbocycles. The van der Waals surface area contributed by atoms with Crippen LogP contribution in [-0.4, -0.2) is 42.7 Å². The van der Waals surface area contributed by atoms with Crippen molar-refractivity contribution in [3.8, 4) is 5.75 Å². The van der Waals surface area contributed by atoms with Crippen molar-refractivity contribution < 1.29 is 32.6 Å². The molecule has 0 aliphatic carbocycles. The van der Waals surface area contributed by atoms with Gasteiger partial charge in [-0.2, -0.15) is 0 Å². The number of benzene rings is 1. The molecule has 0 saturated heterocycles. The largest absolute Gasteiger partial charge is 0.492 e. The molecular formula is C21H24ClNO7S. The van der Waals surface area contributed by atoms with E-state index in [9.17, 15) is 18.0 Å². The summed E-state index contributed by atoms with van der Waals surface area (Å²) in [6, 6.07) is 6.75. The number of aromatic carboxylic acids is 1. The maximum atomic E-state index is 12.6. The first-order valence-electron chi connectivity index (χ1n) is 9.42. The van der Waals surface area contributed by atoms with Crippen molar-refractivity contribution in [2.45, 2.75) is 49.9 Å². The van der Waals surface area contributed by atoms with E-state index in [-0.39, 0.29) is 40.2 Å². The SMILES string of the molecule is CC(C)(C)OC(=O)CCCOc1ccc(S(=O)(=O)Cc2ccc(C(=O)O)cn2)cc1Cl. The molecule has 0 aliphatic heterocycles. The predicted octanol–water partition coefficient (Wildman–Crippen LogP) is 3.91. The van der Waals surface area contributed by atoms with Crippen molar-refractivity contribution in [2.75, 3.05) is 6.61 Å². The molecule has 10 heteroatoms. The summed E-state index contributed by atoms with van der Waals surface area (Å²) in [5.41, 5.74) is -0.364. The van der Waals surface area contributed by atoms with E-state index in [1.165, 1.54) is 30.3 Å². The molecular weight excluding hydrogens is 446 g/mol. The van der Waals surface area contributed by atoms with E-state index in [1.54, 1.807) is 20.8 Å². The van der Waals surface area contributed by atoms with Gasteiger partial charge in [0.05, 0.1) is 33.5 Å². The molecule has 31 heavy (non-hydrogen) atoms. The number of rotatable bonds is 9. The van der Waals surface area contributed by atoms with E-state index in [4.69, 9.17) is 26.2 Å². The second-order valence-electron chi connectivity index (χ2n) is 7.73. The highest BCUT2D eigenvalue weighted by Gasteiger charge is 2.19. The molecule has 0 bridgehead atoms. The number of carboxylic acid groups (broad SMARTS) is 1. The maximum Gasteiger partial charge on any atom is 0.337 e. The smallest absolute Gasteiger partial charge is 0.337 e. The zero-order valence-electron chi connectivity index (χ0n) is 17.4. The number of ether oxygens (including phenoxy) is 2. The topological polar surface area (TPSA) is 120 Å². The zero-order valence-corrected chi connectivity index (χ0v) is 19.0. The highest BCUT2D eigenvalue weighted by molar-refractivity contribution is 7.90. The van der Waals surface area contributed by atoms with Gasteiger partial charge in [-0.15, -0.1) is 0 Å². The summed E-state index contributed by atoms with van der Waals surface area (Å²) >= 11 is 6.16. The standard InChI is InChI=1S/C21H24ClNO7S/c1-21(2,3)30-19(24)5-4-10-29-18-9-8-16(11-17(18)22)31(27,28)13-15-7-6-14(12-23-15)20(25)26/h6-9,11-12H,4-5,10,13H2,1-3H3,(H,25,26). The molecule has 0 fully saturated rings. The fraction of sp³-hybridized carbons (Fsp3) is 0.381. The Balaban J connectivity index is 1.96. The minimum atomic E-state index is -3.75. The Labute approximate surface area is 186 Å². The first-order valence-corrected chi connectivity index (χ1v) is 11.5. The van der Waals surface area contributed by atoms with Crippen LogP contribution in [-0.2, 0) is 25.1 Å². The Bertz CT molecular complexity index is 1040. The molecule has 0 radical (unpaired) electrons. The number of carbonyl (C=O) groups excluding carboxylic acids is 1. The summed E-state index contributed by atoms with van der Waals surface area (Å²) in [5.74, 6) is -1.57. The lowest BCUT2D eigenvalue weighted by Crippen LogP contribution is -2.23. The number of aromatic nitrogens is 1. The number of carboxylic acids is 1. The van der Waals surface area contributed by atoms with Gasteiger partial charge in [-0.3, -0.25) is 9.78 Å². The quantitative estimate of drug-likeness (QED) is 0.433. The second-order valence-corrected chi connectivity index (χ2v) is 10.1. The number of sulfone groups is 1. The predicted molar refractivity (Wildman–Crippen MR) is 114 cm³/mol. The minimum absolute atomic E-state index is 0.0114. The average Bonchev–Trinajstić information content (AvgIpc) is 2.65. The summed E-state index contributed by atoms with van der Waals surface area (Å²) in [7, 11) is -3.75. The van der Waals surface area contributed by atoms with E-state index in [0.29, 0.717) is 12.2 Å². The Kier molecular flexibility index (Phi) is 8.02. The molecule has 0 aliphatic rings. The van der Waals surface area contributed by atoms with Gasteiger partial charge < -0.3 is 14.6 Å². The molecule has 1 aromatic heterocycles. The van der Waals surface area contributed by atoms with Crippen molar-refractivity contribution in [2.24, 2.45) is 0 Å². The fourth-order valence-electron chi connectivity index (χ4n) is 2.50. The Morgan fingerprint density at radius 3 is 2.42 bits per heavy atom. The molecule has 168 valence electrons. The van der Waals surface area contributed by atoms with Gasteiger partial charge in [0.2, 0.25) is 0 Å². The molecule has 2 aromatic rings. The van der Waals surface area contributed by atoms with Gasteiger partial charge in [-0.1, -0.05) is 11.6 Å². The first kappa shape index (κ1) is 24.6. The first-order chi connectivity index (χ1) is 14.4. The Morgan fingerprint density at radius 2 is 1.87 bits per heavy atom. The lowest BCUT2D eigenvalue weighted by atomic mass is 10.2. The number of hydrogen-bond acceptors (Lipinski definition) is 7. The number of nitrogens with zero attached hydrogens (tertiary/aromatic N) is 1. The third-order valence-corrected chi connectivity index (χ3v) is 5.82. The van der Waals surface area contributed by atoms with Crippen LogP contribution < -0.4 is 4.74 Å². The van der Waals surface area contributed by atoms with Crippen LogP contribution in [0.5, 0.6) is 5.75 Å². The Hall–Kier alpha value is -2.65. The average molecular weight is 470 g/mol. The van der Waals surface area contributed by atoms with Crippen LogP contribution in [0, 0.1) is 0 Å². The van der Waals surface area contributed by atoms with E-state index < -0.39 is 27.2 Å². The van der Waals surface area contributed by atoms with Gasteiger partial charge in [0.1, 0.15) is 11.4 Å². The van der Waals surface area contributed by atoms with Crippen LogP contribution in [0.4, 0.5) is 0 Å². The van der Waals surface area contributed by atoms with Gasteiger partial charge in [0.15, 0.2) is 9.84 Å². The van der Waals surface area contributed by atoms with Crippen LogP contribution >= 0.6 is 11.6 Å². The third-order valence-electron chi connectivity index (χ3n) is 3.87. The number of pyridine rings is 1. The monoisotopic (exact) mass is 469 g/mol. The number of carbonyl (C=O) groups is 2. The summed E-state index contributed by atoms with van der Waals surface area (Å²) in [6.07, 6.45) is 1.71. The minimum Gasteiger partial charge on any atom is -0.492 e. The van der Waals surface area contributed by atoms with Crippen LogP contribution in [0.2, 0.25) is 5.02 Å². The van der Waals surface area contributed by atoms with Crippen molar-refractivity contribution in [3.63, 3.8) is 0 Å². The van der Waals surface area contributed by atoms with Gasteiger partial charge in [-0.25, -0.2) is 13.2 Å². The van der Waals surface area contributed by atoms with Crippen molar-refractivity contribution in [1.82, 2.24) is 4.98 Å². The highest BCUT2D eigenvalue weighted by Crippen LogP contribution is 2.29. The summed E-state index contributed by atoms with van der Waals surface area (Å²) in [4.78, 5) is 26.4. The zero-order chi connectivity index (χ0) is 23.2. The summed E-state index contributed by atoms with van der Waals surface area (Å²) in [5, 5.41) is 9.00. The number of halogens is 1. The highest BCUT2D eigenvalue weighted by atomic mass is 35.5. The number of esters is 1. The normalized spacial score (nSPS) is 11.7. The van der Waals surface area contributed by atoms with Crippen molar-refractivity contribution in [3.05, 3.63) is 52.8 Å². The second kappa shape index (κ2) is 10.1. The van der Waals surface area contributed by atoms with E-state index in [1.807, 2.05) is 0 Å². The molecule has 1 N–H and O–H groups in total. The molecule has 0 atom stereocenters. The lowest BCUT2D eigenvalue weighted by Gasteiger charge is -2.19. The van der Waals surface area contributed by atoms with Gasteiger partial charge in [0, 0.05) is 12.6 Å². The van der Waals surface area contributed by atoms with E-state index in [0.717, 1.165) is 6.20 Å². The van der Waals surface area contributed by atoms with Crippen LogP contribution in [0.3, 0.4) is 0 Å². The molecule has 0 spiro atoms. The summed E-state index contributed by atoms with van der Waals surface area (Å²) < 4.78 is 36.0. The summed E-state index contributed by atoms with van der Waals surface area (Å²) in [6.45, 7) is 5.58. The van der Waals surface area contributed by atoms with Crippen LogP contribution in [0.25, 0.3) is 0 Å². The maximum absolute atomic E-state index is 12.6. The van der Waals surface area contributed by atoms with Gasteiger partial charge in [0.25, 0.3) is 0 Å². The van der Waals surface area contributed by atoms with Crippen LogP contribution in [0.15, 0.2) is 41.4 Å². The fourth-order valence-corrected chi connectivity index (χ4v) is 4.10. The third kappa shape index (κ3) is 7.84. The number of hydrogen-bond donors (Lipinski definition) is 1. The van der Waals surface area contributed by atoms with E-state index >= 15 is 0 Å². The molecule has 1 aromatic carbocycles.